The monoisotopic (exact) mass is 226 g/mol. The molecule has 0 amide bonds. The zero-order valence-corrected chi connectivity index (χ0v) is 9.06. The van der Waals surface area contributed by atoms with Gasteiger partial charge in [-0.25, -0.2) is 0 Å². The van der Waals surface area contributed by atoms with Gasteiger partial charge in [-0.15, -0.1) is 29.9 Å². The maximum Gasteiger partial charge on any atom is 0.0692 e. The summed E-state index contributed by atoms with van der Waals surface area (Å²) in [6.45, 7) is 1.75. The van der Waals surface area contributed by atoms with E-state index in [1.165, 1.54) is 6.42 Å². The predicted molar refractivity (Wildman–Crippen MR) is 57.4 cm³/mol. The van der Waals surface area contributed by atoms with Gasteiger partial charge in [-0.05, 0) is 19.4 Å². The summed E-state index contributed by atoms with van der Waals surface area (Å²) in [5.74, 6) is 0. The van der Waals surface area contributed by atoms with Gasteiger partial charge in [-0.3, -0.25) is 4.68 Å². The number of aryl methyl sites for hydroxylation is 1. The Morgan fingerprint density at radius 2 is 1.92 bits per heavy atom. The smallest absolute Gasteiger partial charge is 0.0692 e. The van der Waals surface area contributed by atoms with E-state index in [1.807, 2.05) is 10.9 Å². The van der Waals surface area contributed by atoms with Crippen molar-refractivity contribution in [3.63, 3.8) is 0 Å². The van der Waals surface area contributed by atoms with E-state index in [1.54, 1.807) is 6.20 Å². The van der Waals surface area contributed by atoms with Crippen molar-refractivity contribution in [2.24, 2.45) is 5.73 Å². The zero-order valence-electron chi connectivity index (χ0n) is 7.43. The molecule has 0 aromatic carbocycles. The number of hydrogen-bond acceptors (Lipinski definition) is 3. The van der Waals surface area contributed by atoms with E-state index in [0.29, 0.717) is 0 Å². The maximum absolute atomic E-state index is 5.35. The highest BCUT2D eigenvalue weighted by Crippen LogP contribution is 1.95. The number of rotatable bonds is 5. The molecule has 0 radical (unpaired) electrons. The van der Waals surface area contributed by atoms with Crippen LogP contribution < -0.4 is 5.73 Å². The molecule has 0 aliphatic carbocycles. The van der Waals surface area contributed by atoms with Gasteiger partial charge in [-0.1, -0.05) is 11.6 Å². The molecule has 1 aromatic heterocycles. The number of hydrogen-bond donors (Lipinski definition) is 1. The number of unbranched alkanes of at least 4 members (excludes halogenated alkanes) is 2. The van der Waals surface area contributed by atoms with E-state index in [2.05, 4.69) is 10.3 Å². The van der Waals surface area contributed by atoms with Crippen LogP contribution in [0.2, 0.25) is 0 Å². The molecule has 1 aromatic rings. The highest BCUT2D eigenvalue weighted by atomic mass is 35.5. The Labute approximate surface area is 90.7 Å². The van der Waals surface area contributed by atoms with Crippen LogP contribution in [0.1, 0.15) is 19.3 Å². The SMILES string of the molecule is Cl.Cl.NCCCCCn1ccnn1. The second kappa shape index (κ2) is 9.77. The lowest BCUT2D eigenvalue weighted by Gasteiger charge is -1.98. The molecule has 4 nitrogen and oxygen atoms in total. The van der Waals surface area contributed by atoms with Gasteiger partial charge < -0.3 is 5.73 Å². The quantitative estimate of drug-likeness (QED) is 0.770. The predicted octanol–water partition coefficient (Wildman–Crippen LogP) is 1.25. The van der Waals surface area contributed by atoms with Crippen molar-refractivity contribution < 1.29 is 0 Å². The third-order valence-corrected chi connectivity index (χ3v) is 1.56. The third kappa shape index (κ3) is 6.81. The molecule has 0 atom stereocenters. The summed E-state index contributed by atoms with van der Waals surface area (Å²) in [4.78, 5) is 0. The van der Waals surface area contributed by atoms with Gasteiger partial charge >= 0.3 is 0 Å². The summed E-state index contributed by atoms with van der Waals surface area (Å²) >= 11 is 0. The molecular weight excluding hydrogens is 211 g/mol. The maximum atomic E-state index is 5.35. The highest BCUT2D eigenvalue weighted by molar-refractivity contribution is 5.85. The first-order valence-corrected chi connectivity index (χ1v) is 3.97. The van der Waals surface area contributed by atoms with E-state index in [9.17, 15) is 0 Å². The molecule has 13 heavy (non-hydrogen) atoms. The third-order valence-electron chi connectivity index (χ3n) is 1.56. The minimum Gasteiger partial charge on any atom is -0.330 e. The highest BCUT2D eigenvalue weighted by Gasteiger charge is 1.90. The molecule has 0 saturated heterocycles. The van der Waals surface area contributed by atoms with Crippen molar-refractivity contribution in [3.05, 3.63) is 12.4 Å². The van der Waals surface area contributed by atoms with Crippen LogP contribution in [-0.2, 0) is 6.54 Å². The van der Waals surface area contributed by atoms with Gasteiger partial charge in [-0.2, -0.15) is 0 Å². The van der Waals surface area contributed by atoms with Crippen LogP contribution >= 0.6 is 24.8 Å². The second-order valence-corrected chi connectivity index (χ2v) is 2.52. The Kier molecular flexibility index (Phi) is 11.4. The number of nitrogens with zero attached hydrogens (tertiary/aromatic N) is 3. The lowest BCUT2D eigenvalue weighted by molar-refractivity contribution is 0.532. The van der Waals surface area contributed by atoms with Crippen LogP contribution in [0.5, 0.6) is 0 Å². The summed E-state index contributed by atoms with van der Waals surface area (Å²) in [5.41, 5.74) is 5.35. The molecule has 1 rings (SSSR count). The molecule has 1 heterocycles. The second-order valence-electron chi connectivity index (χ2n) is 2.52. The largest absolute Gasteiger partial charge is 0.330 e. The van der Waals surface area contributed by atoms with Crippen LogP contribution in [0.25, 0.3) is 0 Å². The first-order valence-electron chi connectivity index (χ1n) is 3.97. The molecule has 6 heteroatoms. The standard InChI is InChI=1S/C7H14N4.2ClH/c8-4-2-1-3-6-11-7-5-9-10-11;;/h5,7H,1-4,6,8H2;2*1H. The summed E-state index contributed by atoms with van der Waals surface area (Å²) in [7, 11) is 0. The Hall–Kier alpha value is -0.320. The average molecular weight is 227 g/mol. The Morgan fingerprint density at radius 3 is 2.46 bits per heavy atom. The van der Waals surface area contributed by atoms with Gasteiger partial charge in [0.2, 0.25) is 0 Å². The van der Waals surface area contributed by atoms with Crippen molar-refractivity contribution in [2.75, 3.05) is 6.54 Å². The lowest BCUT2D eigenvalue weighted by Crippen LogP contribution is -2.01. The Balaban J connectivity index is 0. The summed E-state index contributed by atoms with van der Waals surface area (Å²) in [6, 6.07) is 0. The number of aromatic nitrogens is 3. The molecule has 2 N–H and O–H groups in total. The minimum absolute atomic E-state index is 0. The van der Waals surface area contributed by atoms with Crippen molar-refractivity contribution in [1.82, 2.24) is 15.0 Å². The van der Waals surface area contributed by atoms with Crippen LogP contribution in [-0.4, -0.2) is 21.5 Å². The van der Waals surface area contributed by atoms with Gasteiger partial charge in [0.05, 0.1) is 6.20 Å². The number of halogens is 2. The van der Waals surface area contributed by atoms with Crippen LogP contribution in [0.15, 0.2) is 12.4 Å². The van der Waals surface area contributed by atoms with Gasteiger partial charge in [0.25, 0.3) is 0 Å². The normalized spacial score (nSPS) is 8.69. The lowest BCUT2D eigenvalue weighted by atomic mass is 10.2. The first-order chi connectivity index (χ1) is 5.43. The molecule has 0 fully saturated rings. The topological polar surface area (TPSA) is 56.7 Å². The Bertz CT molecular complexity index is 179. The molecule has 0 unspecified atom stereocenters. The molecule has 0 aliphatic heterocycles. The minimum atomic E-state index is 0. The summed E-state index contributed by atoms with van der Waals surface area (Å²) in [6.07, 6.45) is 7.00. The van der Waals surface area contributed by atoms with Crippen molar-refractivity contribution >= 4 is 24.8 Å². The van der Waals surface area contributed by atoms with Crippen LogP contribution in [0.3, 0.4) is 0 Å². The van der Waals surface area contributed by atoms with E-state index >= 15 is 0 Å². The van der Waals surface area contributed by atoms with E-state index in [-0.39, 0.29) is 24.8 Å². The molecule has 0 bridgehead atoms. The van der Waals surface area contributed by atoms with Crippen LogP contribution in [0.4, 0.5) is 0 Å². The fourth-order valence-corrected chi connectivity index (χ4v) is 0.947. The molecule has 0 spiro atoms. The van der Waals surface area contributed by atoms with Crippen molar-refractivity contribution in [3.8, 4) is 0 Å². The molecule has 0 saturated carbocycles. The van der Waals surface area contributed by atoms with Crippen LogP contribution in [0, 0.1) is 0 Å². The van der Waals surface area contributed by atoms with E-state index < -0.39 is 0 Å². The first kappa shape index (κ1) is 15.2. The summed E-state index contributed by atoms with van der Waals surface area (Å²) in [5, 5.41) is 7.56. The summed E-state index contributed by atoms with van der Waals surface area (Å²) < 4.78 is 1.84. The average Bonchev–Trinajstić information content (AvgIpc) is 2.50. The van der Waals surface area contributed by atoms with Gasteiger partial charge in [0, 0.05) is 12.7 Å². The fraction of sp³-hybridized carbons (Fsp3) is 0.714. The van der Waals surface area contributed by atoms with E-state index in [4.69, 9.17) is 5.73 Å². The van der Waals surface area contributed by atoms with Gasteiger partial charge in [0.15, 0.2) is 0 Å². The zero-order chi connectivity index (χ0) is 7.94. The van der Waals surface area contributed by atoms with Crippen molar-refractivity contribution in [2.45, 2.75) is 25.8 Å². The van der Waals surface area contributed by atoms with Crippen molar-refractivity contribution in [1.29, 1.82) is 0 Å². The van der Waals surface area contributed by atoms with E-state index in [0.717, 1.165) is 25.9 Å². The van der Waals surface area contributed by atoms with Gasteiger partial charge in [0.1, 0.15) is 0 Å². The molecule has 0 aliphatic rings. The number of nitrogens with two attached hydrogens (primary N) is 1. The molecule has 78 valence electrons. The fourth-order valence-electron chi connectivity index (χ4n) is 0.947. The Morgan fingerprint density at radius 1 is 1.15 bits per heavy atom. The molecular formula is C7H16Cl2N4.